The van der Waals surface area contributed by atoms with Gasteiger partial charge in [-0.2, -0.15) is 0 Å². The van der Waals surface area contributed by atoms with Gasteiger partial charge in [0, 0.05) is 18.4 Å². The number of hydrogen-bond donors (Lipinski definition) is 2. The van der Waals surface area contributed by atoms with E-state index < -0.39 is 17.9 Å². The molecule has 0 spiro atoms. The van der Waals surface area contributed by atoms with Gasteiger partial charge >= 0.3 is 5.97 Å². The van der Waals surface area contributed by atoms with E-state index in [9.17, 15) is 19.5 Å². The summed E-state index contributed by atoms with van der Waals surface area (Å²) in [5.41, 5.74) is 0.427. The number of rotatable bonds is 7. The van der Waals surface area contributed by atoms with E-state index in [2.05, 4.69) is 5.32 Å². The zero-order valence-electron chi connectivity index (χ0n) is 12.9. The summed E-state index contributed by atoms with van der Waals surface area (Å²) >= 11 is 0. The van der Waals surface area contributed by atoms with Gasteiger partial charge < -0.3 is 10.4 Å². The lowest BCUT2D eigenvalue weighted by molar-refractivity contribution is -0.139. The number of carboxylic acids is 1. The van der Waals surface area contributed by atoms with Crippen LogP contribution in [0, 0.1) is 0 Å². The Morgan fingerprint density at radius 2 is 1.78 bits per heavy atom. The van der Waals surface area contributed by atoms with Crippen LogP contribution >= 0.6 is 0 Å². The molecule has 0 aliphatic carbocycles. The van der Waals surface area contributed by atoms with Gasteiger partial charge in [-0.3, -0.25) is 9.59 Å². The molecule has 0 unspecified atom stereocenters. The number of aliphatic carboxylic acids is 1. The largest absolute Gasteiger partial charge is 0.480 e. The first-order valence-corrected chi connectivity index (χ1v) is 7.56. The van der Waals surface area contributed by atoms with E-state index in [0.29, 0.717) is 12.0 Å². The summed E-state index contributed by atoms with van der Waals surface area (Å²) < 4.78 is 0. The number of ketones is 1. The molecule has 5 nitrogen and oxygen atoms in total. The van der Waals surface area contributed by atoms with E-state index in [1.165, 1.54) is 0 Å². The summed E-state index contributed by atoms with van der Waals surface area (Å²) in [5, 5.41) is 13.4. The Morgan fingerprint density at radius 3 is 2.48 bits per heavy atom. The van der Waals surface area contributed by atoms with E-state index >= 15 is 0 Å². The van der Waals surface area contributed by atoms with Crippen molar-refractivity contribution in [2.75, 3.05) is 0 Å². The number of carbonyl (C=O) groups is 3. The van der Waals surface area contributed by atoms with Crippen LogP contribution in [0.3, 0.4) is 0 Å². The van der Waals surface area contributed by atoms with Crippen LogP contribution in [0.25, 0.3) is 10.8 Å². The molecule has 2 rings (SSSR count). The van der Waals surface area contributed by atoms with Crippen LogP contribution in [-0.4, -0.2) is 28.8 Å². The highest BCUT2D eigenvalue weighted by molar-refractivity contribution is 6.07. The minimum Gasteiger partial charge on any atom is -0.480 e. The van der Waals surface area contributed by atoms with Crippen LogP contribution in [0.2, 0.25) is 0 Å². The van der Waals surface area contributed by atoms with Crippen molar-refractivity contribution in [1.29, 1.82) is 0 Å². The highest BCUT2D eigenvalue weighted by Crippen LogP contribution is 2.18. The number of benzene rings is 2. The molecule has 0 saturated carbocycles. The number of fused-ring (bicyclic) bond motifs is 1. The molecule has 0 aliphatic heterocycles. The SMILES string of the molecule is CCC(=O)CC[C@H](NC(=O)c1cccc2ccccc12)C(=O)O. The fourth-order valence-electron chi connectivity index (χ4n) is 2.40. The van der Waals surface area contributed by atoms with Crippen LogP contribution in [0.5, 0.6) is 0 Å². The molecule has 0 heterocycles. The normalized spacial score (nSPS) is 11.9. The first-order valence-electron chi connectivity index (χ1n) is 7.56. The summed E-state index contributed by atoms with van der Waals surface area (Å²) in [4.78, 5) is 35.1. The number of amides is 1. The first-order chi connectivity index (χ1) is 11.0. The Morgan fingerprint density at radius 1 is 1.09 bits per heavy atom. The highest BCUT2D eigenvalue weighted by Gasteiger charge is 2.22. The summed E-state index contributed by atoms with van der Waals surface area (Å²) in [6.45, 7) is 1.73. The first kappa shape index (κ1) is 16.7. The Labute approximate surface area is 134 Å². The third-order valence-corrected chi connectivity index (χ3v) is 3.74. The van der Waals surface area contributed by atoms with Gasteiger partial charge in [0.05, 0.1) is 0 Å². The van der Waals surface area contributed by atoms with Gasteiger partial charge in [0.15, 0.2) is 0 Å². The van der Waals surface area contributed by atoms with Crippen LogP contribution in [-0.2, 0) is 9.59 Å². The van der Waals surface area contributed by atoms with Crippen molar-refractivity contribution in [3.05, 3.63) is 48.0 Å². The zero-order valence-corrected chi connectivity index (χ0v) is 12.9. The average Bonchev–Trinajstić information content (AvgIpc) is 2.57. The van der Waals surface area contributed by atoms with Crippen LogP contribution in [0.15, 0.2) is 42.5 Å². The Balaban J connectivity index is 2.17. The molecular weight excluding hydrogens is 294 g/mol. The van der Waals surface area contributed by atoms with Gasteiger partial charge in [-0.1, -0.05) is 43.3 Å². The van der Waals surface area contributed by atoms with Gasteiger partial charge in [0.1, 0.15) is 11.8 Å². The molecular formula is C18H19NO4. The number of nitrogens with one attached hydrogen (secondary N) is 1. The second kappa shape index (κ2) is 7.54. The maximum Gasteiger partial charge on any atom is 0.326 e. The van der Waals surface area contributed by atoms with Crippen molar-refractivity contribution in [2.45, 2.75) is 32.2 Å². The molecule has 0 aromatic heterocycles. The summed E-state index contributed by atoms with van der Waals surface area (Å²) in [5.74, 6) is -1.60. The average molecular weight is 313 g/mol. The maximum atomic E-state index is 12.4. The lowest BCUT2D eigenvalue weighted by atomic mass is 10.0. The van der Waals surface area contributed by atoms with Crippen molar-refractivity contribution in [3.8, 4) is 0 Å². The topological polar surface area (TPSA) is 83.5 Å². The van der Waals surface area contributed by atoms with Crippen molar-refractivity contribution < 1.29 is 19.5 Å². The zero-order chi connectivity index (χ0) is 16.8. The fourth-order valence-corrected chi connectivity index (χ4v) is 2.40. The molecule has 2 aromatic carbocycles. The molecule has 1 atom stereocenters. The quantitative estimate of drug-likeness (QED) is 0.823. The smallest absolute Gasteiger partial charge is 0.326 e. The molecule has 0 saturated heterocycles. The molecule has 1 amide bonds. The summed E-state index contributed by atoms with van der Waals surface area (Å²) in [6.07, 6.45) is 0.603. The van der Waals surface area contributed by atoms with Crippen LogP contribution in [0.1, 0.15) is 36.5 Å². The van der Waals surface area contributed by atoms with Gasteiger partial charge in [0.25, 0.3) is 5.91 Å². The second-order valence-corrected chi connectivity index (χ2v) is 5.32. The van der Waals surface area contributed by atoms with Gasteiger partial charge in [0.2, 0.25) is 0 Å². The second-order valence-electron chi connectivity index (χ2n) is 5.32. The summed E-state index contributed by atoms with van der Waals surface area (Å²) in [7, 11) is 0. The van der Waals surface area contributed by atoms with E-state index in [4.69, 9.17) is 0 Å². The van der Waals surface area contributed by atoms with E-state index in [0.717, 1.165) is 10.8 Å². The number of hydrogen-bond acceptors (Lipinski definition) is 3. The number of carboxylic acid groups (broad SMARTS) is 1. The maximum absolute atomic E-state index is 12.4. The molecule has 2 aromatic rings. The number of Topliss-reactive ketones (excluding diaryl/α,β-unsaturated/α-hetero) is 1. The van der Waals surface area contributed by atoms with Gasteiger partial charge in [-0.05, 0) is 23.3 Å². The van der Waals surface area contributed by atoms with Crippen LogP contribution in [0.4, 0.5) is 0 Å². The predicted molar refractivity (Wildman–Crippen MR) is 87.4 cm³/mol. The third kappa shape index (κ3) is 4.16. The van der Waals surface area contributed by atoms with E-state index in [-0.39, 0.29) is 18.6 Å². The molecule has 2 N–H and O–H groups in total. The minimum absolute atomic E-state index is 0.0179. The lowest BCUT2D eigenvalue weighted by Crippen LogP contribution is -2.41. The molecule has 5 heteroatoms. The Bertz CT molecular complexity index is 733. The molecule has 0 bridgehead atoms. The predicted octanol–water partition coefficient (Wildman–Crippen LogP) is 2.78. The van der Waals surface area contributed by atoms with Crippen molar-refractivity contribution in [1.82, 2.24) is 5.32 Å². The van der Waals surface area contributed by atoms with Crippen molar-refractivity contribution in [2.24, 2.45) is 0 Å². The Kier molecular flexibility index (Phi) is 5.46. The van der Waals surface area contributed by atoms with E-state index in [1.807, 2.05) is 30.3 Å². The van der Waals surface area contributed by atoms with Crippen molar-refractivity contribution >= 4 is 28.4 Å². The molecule has 0 radical (unpaired) electrons. The lowest BCUT2D eigenvalue weighted by Gasteiger charge is -2.15. The molecule has 0 aliphatic rings. The van der Waals surface area contributed by atoms with Gasteiger partial charge in [-0.15, -0.1) is 0 Å². The molecule has 0 fully saturated rings. The molecule has 23 heavy (non-hydrogen) atoms. The third-order valence-electron chi connectivity index (χ3n) is 3.74. The minimum atomic E-state index is -1.14. The standard InChI is InChI=1S/C18H19NO4/c1-2-13(20)10-11-16(18(22)23)19-17(21)15-9-5-7-12-6-3-4-8-14(12)15/h3-9,16H,2,10-11H2,1H3,(H,19,21)(H,22,23)/t16-/m0/s1. The van der Waals surface area contributed by atoms with Gasteiger partial charge in [-0.25, -0.2) is 4.79 Å². The highest BCUT2D eigenvalue weighted by atomic mass is 16.4. The van der Waals surface area contributed by atoms with E-state index in [1.54, 1.807) is 19.1 Å². The van der Waals surface area contributed by atoms with Crippen LogP contribution < -0.4 is 5.32 Å². The summed E-state index contributed by atoms with van der Waals surface area (Å²) in [6, 6.07) is 11.6. The van der Waals surface area contributed by atoms with Crippen molar-refractivity contribution in [3.63, 3.8) is 0 Å². The number of carbonyl (C=O) groups excluding carboxylic acids is 2. The fraction of sp³-hybridized carbons (Fsp3) is 0.278. The monoisotopic (exact) mass is 313 g/mol. The molecule has 120 valence electrons. The Hall–Kier alpha value is -2.69.